The fourth-order valence-corrected chi connectivity index (χ4v) is 3.89. The highest BCUT2D eigenvalue weighted by molar-refractivity contribution is 5.92. The predicted octanol–water partition coefficient (Wildman–Crippen LogP) is 3.48. The number of amides is 3. The van der Waals surface area contributed by atoms with E-state index < -0.39 is 23.6 Å². The molecule has 3 rings (SSSR count). The van der Waals surface area contributed by atoms with Crippen LogP contribution >= 0.6 is 0 Å². The molecule has 1 aliphatic rings. The Morgan fingerprint density at radius 3 is 2.41 bits per heavy atom. The Labute approximate surface area is 200 Å². The second-order valence-electron chi connectivity index (χ2n) is 9.39. The summed E-state index contributed by atoms with van der Waals surface area (Å²) in [5.74, 6) is 2.43. The third-order valence-electron chi connectivity index (χ3n) is 5.75. The summed E-state index contributed by atoms with van der Waals surface area (Å²) in [6, 6.07) is 14.6. The van der Waals surface area contributed by atoms with E-state index in [1.807, 2.05) is 51.1 Å². The van der Waals surface area contributed by atoms with E-state index in [0.717, 1.165) is 11.1 Å². The molecule has 0 aliphatic carbocycles. The monoisotopic (exact) mass is 461 g/mol. The molecule has 2 aromatic carbocycles. The molecule has 7 heteroatoms. The van der Waals surface area contributed by atoms with E-state index >= 15 is 0 Å². The second-order valence-corrected chi connectivity index (χ2v) is 9.39. The van der Waals surface area contributed by atoms with Crippen LogP contribution in [0, 0.1) is 17.8 Å². The summed E-state index contributed by atoms with van der Waals surface area (Å²) in [6.45, 7) is 6.39. The molecule has 0 aromatic heterocycles. The summed E-state index contributed by atoms with van der Waals surface area (Å²) < 4.78 is 5.32. The number of hydrogen-bond donors (Lipinski definition) is 2. The molecule has 2 N–H and O–H groups in total. The Bertz CT molecular complexity index is 1050. The van der Waals surface area contributed by atoms with E-state index in [9.17, 15) is 14.4 Å². The summed E-state index contributed by atoms with van der Waals surface area (Å²) in [7, 11) is 0. The number of terminal acetylenes is 1. The number of benzene rings is 2. The molecular weight excluding hydrogens is 430 g/mol. The van der Waals surface area contributed by atoms with Gasteiger partial charge in [0.05, 0.1) is 0 Å². The van der Waals surface area contributed by atoms with Crippen molar-refractivity contribution in [2.75, 3.05) is 6.54 Å². The zero-order valence-corrected chi connectivity index (χ0v) is 19.8. The Morgan fingerprint density at radius 2 is 1.79 bits per heavy atom. The minimum Gasteiger partial charge on any atom is -0.410 e. The topological polar surface area (TPSA) is 87.7 Å². The van der Waals surface area contributed by atoms with Crippen LogP contribution in [0.5, 0.6) is 5.75 Å². The number of nitrogens with one attached hydrogen (secondary N) is 2. The molecule has 2 aromatic rings. The van der Waals surface area contributed by atoms with Crippen LogP contribution in [0.15, 0.2) is 54.6 Å². The number of rotatable bonds is 6. The molecule has 0 radical (unpaired) electrons. The van der Waals surface area contributed by atoms with Gasteiger partial charge in [-0.1, -0.05) is 57.0 Å². The quantitative estimate of drug-likeness (QED) is 0.645. The maximum absolute atomic E-state index is 13.5. The van der Waals surface area contributed by atoms with Crippen molar-refractivity contribution in [2.24, 2.45) is 5.41 Å². The zero-order valence-electron chi connectivity index (χ0n) is 19.8. The van der Waals surface area contributed by atoms with Gasteiger partial charge >= 0.3 is 6.09 Å². The largest absolute Gasteiger partial charge is 0.413 e. The van der Waals surface area contributed by atoms with Crippen molar-refractivity contribution < 1.29 is 19.1 Å². The molecule has 1 fully saturated rings. The van der Waals surface area contributed by atoms with E-state index in [1.54, 1.807) is 29.2 Å². The van der Waals surface area contributed by atoms with E-state index in [4.69, 9.17) is 11.2 Å². The first-order valence-electron chi connectivity index (χ1n) is 11.4. The Hall–Kier alpha value is -3.79. The van der Waals surface area contributed by atoms with Gasteiger partial charge in [0, 0.05) is 18.7 Å². The summed E-state index contributed by atoms with van der Waals surface area (Å²) in [4.78, 5) is 40.5. The van der Waals surface area contributed by atoms with Crippen LogP contribution in [0.25, 0.3) is 0 Å². The van der Waals surface area contributed by atoms with E-state index in [-0.39, 0.29) is 11.8 Å². The fourth-order valence-electron chi connectivity index (χ4n) is 3.89. The van der Waals surface area contributed by atoms with Gasteiger partial charge in [0.1, 0.15) is 17.8 Å². The molecule has 0 spiro atoms. The highest BCUT2D eigenvalue weighted by atomic mass is 16.6. The summed E-state index contributed by atoms with van der Waals surface area (Å²) in [5.41, 5.74) is 1.10. The first-order chi connectivity index (χ1) is 16.2. The third-order valence-corrected chi connectivity index (χ3v) is 5.75. The van der Waals surface area contributed by atoms with Gasteiger partial charge < -0.3 is 20.3 Å². The number of hydrogen-bond acceptors (Lipinski definition) is 4. The lowest BCUT2D eigenvalue weighted by Gasteiger charge is -2.35. The summed E-state index contributed by atoms with van der Waals surface area (Å²) in [5, 5.41) is 5.63. The molecule has 1 heterocycles. The highest BCUT2D eigenvalue weighted by Crippen LogP contribution is 2.26. The number of para-hydroxylation sites is 1. The number of likely N-dealkylation sites (tertiary alicyclic amines) is 1. The molecule has 0 bridgehead atoms. The van der Waals surface area contributed by atoms with Gasteiger partial charge in [0.15, 0.2) is 0 Å². The van der Waals surface area contributed by atoms with Crippen molar-refractivity contribution in [3.8, 4) is 18.1 Å². The van der Waals surface area contributed by atoms with E-state index in [2.05, 4.69) is 16.6 Å². The van der Waals surface area contributed by atoms with Crippen LogP contribution in [0.2, 0.25) is 0 Å². The summed E-state index contributed by atoms with van der Waals surface area (Å²) >= 11 is 0. The van der Waals surface area contributed by atoms with Gasteiger partial charge in [-0.2, -0.15) is 0 Å². The lowest BCUT2D eigenvalue weighted by molar-refractivity contribution is -0.141. The van der Waals surface area contributed by atoms with Crippen molar-refractivity contribution in [1.29, 1.82) is 0 Å². The van der Waals surface area contributed by atoms with Crippen LogP contribution in [-0.4, -0.2) is 41.4 Å². The molecule has 0 saturated carbocycles. The molecule has 2 unspecified atom stereocenters. The van der Waals surface area contributed by atoms with Gasteiger partial charge in [0.25, 0.3) is 0 Å². The minimum absolute atomic E-state index is 0.216. The van der Waals surface area contributed by atoms with Gasteiger partial charge in [-0.3, -0.25) is 9.59 Å². The lowest BCUT2D eigenvalue weighted by atomic mass is 9.85. The first-order valence-corrected chi connectivity index (χ1v) is 11.4. The molecule has 3 amide bonds. The van der Waals surface area contributed by atoms with Crippen LogP contribution in [0.3, 0.4) is 0 Å². The van der Waals surface area contributed by atoms with Crippen molar-refractivity contribution in [3.05, 3.63) is 65.7 Å². The van der Waals surface area contributed by atoms with Gasteiger partial charge in [-0.05, 0) is 48.1 Å². The van der Waals surface area contributed by atoms with Gasteiger partial charge in [0.2, 0.25) is 11.8 Å². The second kappa shape index (κ2) is 10.9. The fraction of sp³-hybridized carbons (Fsp3) is 0.370. The highest BCUT2D eigenvalue weighted by Gasteiger charge is 2.42. The van der Waals surface area contributed by atoms with Crippen LogP contribution in [-0.2, 0) is 16.1 Å². The van der Waals surface area contributed by atoms with Crippen molar-refractivity contribution >= 4 is 17.9 Å². The summed E-state index contributed by atoms with van der Waals surface area (Å²) in [6.07, 6.45) is 5.95. The van der Waals surface area contributed by atoms with E-state index in [0.29, 0.717) is 31.7 Å². The maximum Gasteiger partial charge on any atom is 0.413 e. The van der Waals surface area contributed by atoms with Crippen molar-refractivity contribution in [2.45, 2.75) is 52.2 Å². The normalized spacial score (nSPS) is 16.3. The first kappa shape index (κ1) is 24.8. The number of carbonyl (C=O) groups is 3. The average Bonchev–Trinajstić information content (AvgIpc) is 3.31. The Balaban J connectivity index is 1.65. The number of ether oxygens (including phenoxy) is 1. The van der Waals surface area contributed by atoms with Crippen molar-refractivity contribution in [3.63, 3.8) is 0 Å². The maximum atomic E-state index is 13.5. The number of carbonyl (C=O) groups excluding carboxylic acids is 3. The molecule has 34 heavy (non-hydrogen) atoms. The van der Waals surface area contributed by atoms with Gasteiger partial charge in [-0.25, -0.2) is 4.79 Å². The molecule has 178 valence electrons. The molecule has 1 aliphatic heterocycles. The third kappa shape index (κ3) is 6.38. The number of nitrogens with zero attached hydrogens (tertiary/aromatic N) is 1. The lowest BCUT2D eigenvalue weighted by Crippen LogP contribution is -2.58. The smallest absolute Gasteiger partial charge is 0.410 e. The molecule has 2 atom stereocenters. The zero-order chi connectivity index (χ0) is 24.7. The predicted molar refractivity (Wildman–Crippen MR) is 130 cm³/mol. The minimum atomic E-state index is -0.853. The standard InChI is InChI=1S/C27H31N3O4/c1-5-19-13-15-20(16-14-19)18-28-24(31)22-12-9-17-30(22)25(32)23(27(2,3)4)29-26(33)34-21-10-7-6-8-11-21/h1,6-8,10-11,13-16,22-23H,9,12,17-18H2,2-4H3,(H,28,31)(H,29,33). The van der Waals surface area contributed by atoms with E-state index in [1.165, 1.54) is 0 Å². The van der Waals surface area contributed by atoms with Crippen LogP contribution in [0.4, 0.5) is 4.79 Å². The van der Waals surface area contributed by atoms with Crippen molar-refractivity contribution in [1.82, 2.24) is 15.5 Å². The Kier molecular flexibility index (Phi) is 7.95. The molecule has 1 saturated heterocycles. The molecular formula is C27H31N3O4. The van der Waals surface area contributed by atoms with Crippen LogP contribution < -0.4 is 15.4 Å². The Morgan fingerprint density at radius 1 is 1.12 bits per heavy atom. The molecule has 7 nitrogen and oxygen atoms in total. The SMILES string of the molecule is C#Cc1ccc(CNC(=O)C2CCCN2C(=O)C(NC(=O)Oc2ccccc2)C(C)(C)C)cc1. The van der Waals surface area contributed by atoms with Crippen LogP contribution in [0.1, 0.15) is 44.7 Å². The average molecular weight is 462 g/mol. The van der Waals surface area contributed by atoms with Gasteiger partial charge in [-0.15, -0.1) is 6.42 Å².